The quantitative estimate of drug-likeness (QED) is 0.0964. The second-order valence-electron chi connectivity index (χ2n) is 10.9. The Morgan fingerprint density at radius 1 is 0.521 bits per heavy atom. The number of aromatic amines is 2. The van der Waals surface area contributed by atoms with Gasteiger partial charge in [0, 0.05) is 0 Å². The molecule has 0 radical (unpaired) electrons. The number of nitrogens with zero attached hydrogens (tertiary/aromatic N) is 6. The van der Waals surface area contributed by atoms with Crippen LogP contribution in [0.4, 0.5) is 22.7 Å². The molecule has 0 spiro atoms. The van der Waals surface area contributed by atoms with Gasteiger partial charge < -0.3 is 9.47 Å². The molecule has 0 saturated carbocycles. The van der Waals surface area contributed by atoms with E-state index in [0.29, 0.717) is 58.9 Å². The zero-order chi connectivity index (χ0) is 33.3. The van der Waals surface area contributed by atoms with Crippen LogP contribution in [0.2, 0.25) is 0 Å². The Morgan fingerprint density at radius 2 is 0.896 bits per heavy atom. The first-order chi connectivity index (χ1) is 23.5. The van der Waals surface area contributed by atoms with E-state index in [0.717, 1.165) is 12.8 Å². The minimum atomic E-state index is -0.283. The molecule has 2 heterocycles. The fourth-order valence-electron chi connectivity index (χ4n) is 4.93. The number of ether oxygens (including phenoxy) is 2. The summed E-state index contributed by atoms with van der Waals surface area (Å²) in [5.74, 6) is 1.13. The average molecular weight is 643 g/mol. The van der Waals surface area contributed by atoms with Gasteiger partial charge >= 0.3 is 0 Å². The van der Waals surface area contributed by atoms with E-state index in [1.165, 1.54) is 9.36 Å². The number of benzene rings is 4. The number of unbranched alkanes of at least 4 members (excludes halogenated alkanes) is 1. The molecule has 2 aromatic heterocycles. The first kappa shape index (κ1) is 31.7. The first-order valence-electron chi connectivity index (χ1n) is 15.5. The lowest BCUT2D eigenvalue weighted by atomic mass is 10.3. The van der Waals surface area contributed by atoms with Crippen molar-refractivity contribution in [2.45, 2.75) is 26.7 Å². The number of aromatic nitrogens is 4. The lowest BCUT2D eigenvalue weighted by Gasteiger charge is -2.10. The lowest BCUT2D eigenvalue weighted by Crippen LogP contribution is -2.13. The number of nitrogens with one attached hydrogen (secondary N) is 2. The predicted molar refractivity (Wildman–Crippen MR) is 184 cm³/mol. The van der Waals surface area contributed by atoms with Gasteiger partial charge in [0.25, 0.3) is 11.1 Å². The zero-order valence-corrected chi connectivity index (χ0v) is 26.5. The molecule has 4 aromatic carbocycles. The molecule has 0 amide bonds. The number of para-hydroxylation sites is 4. The van der Waals surface area contributed by atoms with E-state index in [9.17, 15) is 9.59 Å². The highest BCUT2D eigenvalue weighted by Crippen LogP contribution is 2.30. The largest absolute Gasteiger partial charge is 0.491 e. The van der Waals surface area contributed by atoms with E-state index in [-0.39, 0.29) is 22.5 Å². The van der Waals surface area contributed by atoms with Crippen LogP contribution in [0.25, 0.3) is 11.4 Å². The normalized spacial score (nSPS) is 11.5. The molecular formula is C36H34N8O4. The number of aryl methyl sites for hydroxylation is 2. The van der Waals surface area contributed by atoms with Crippen molar-refractivity contribution in [2.24, 2.45) is 20.5 Å². The van der Waals surface area contributed by atoms with Gasteiger partial charge in [-0.1, -0.05) is 60.7 Å². The molecule has 0 aliphatic rings. The number of H-pyrrole nitrogens is 2. The molecule has 0 aliphatic heterocycles. The summed E-state index contributed by atoms with van der Waals surface area (Å²) in [5, 5.41) is 23.3. The molecule has 0 bridgehead atoms. The van der Waals surface area contributed by atoms with Crippen molar-refractivity contribution >= 4 is 22.7 Å². The molecule has 0 aliphatic carbocycles. The van der Waals surface area contributed by atoms with Gasteiger partial charge in [-0.3, -0.25) is 19.8 Å². The van der Waals surface area contributed by atoms with Gasteiger partial charge in [0.05, 0.1) is 36.0 Å². The van der Waals surface area contributed by atoms with Crippen LogP contribution in [-0.2, 0) is 0 Å². The second-order valence-corrected chi connectivity index (χ2v) is 10.9. The van der Waals surface area contributed by atoms with Crippen molar-refractivity contribution in [1.29, 1.82) is 0 Å². The van der Waals surface area contributed by atoms with Crippen LogP contribution in [0.5, 0.6) is 11.5 Å². The smallest absolute Gasteiger partial charge is 0.299 e. The third-order valence-corrected chi connectivity index (χ3v) is 7.41. The average Bonchev–Trinajstić information content (AvgIpc) is 3.57. The highest BCUT2D eigenvalue weighted by molar-refractivity contribution is 5.53. The maximum Gasteiger partial charge on any atom is 0.299 e. The van der Waals surface area contributed by atoms with Crippen LogP contribution in [0.3, 0.4) is 0 Å². The van der Waals surface area contributed by atoms with E-state index in [4.69, 9.17) is 9.47 Å². The van der Waals surface area contributed by atoms with Crippen LogP contribution in [-0.4, -0.2) is 32.8 Å². The minimum absolute atomic E-state index is 0.234. The highest BCUT2D eigenvalue weighted by atomic mass is 16.5. The molecule has 242 valence electrons. The number of rotatable bonds is 13. The van der Waals surface area contributed by atoms with Gasteiger partial charge in [0.2, 0.25) is 0 Å². The summed E-state index contributed by atoms with van der Waals surface area (Å²) < 4.78 is 14.9. The summed E-state index contributed by atoms with van der Waals surface area (Å²) in [4.78, 5) is 26.0. The highest BCUT2D eigenvalue weighted by Gasteiger charge is 2.14. The third kappa shape index (κ3) is 7.23. The monoisotopic (exact) mass is 642 g/mol. The SMILES string of the molecule is Cc1[nH]n(-c2ccccc2)c(=O)c1N=Nc1ccccc1OCCCCOc1ccccc1N=Nc1c(C)[nH]n(-c2ccccc2)c1=O. The fourth-order valence-corrected chi connectivity index (χ4v) is 4.93. The Morgan fingerprint density at radius 3 is 1.31 bits per heavy atom. The van der Waals surface area contributed by atoms with Gasteiger partial charge in [-0.25, -0.2) is 9.36 Å². The molecule has 0 unspecified atom stereocenters. The van der Waals surface area contributed by atoms with Crippen molar-refractivity contribution in [2.75, 3.05) is 13.2 Å². The zero-order valence-electron chi connectivity index (χ0n) is 26.5. The van der Waals surface area contributed by atoms with E-state index in [2.05, 4.69) is 30.7 Å². The molecule has 0 saturated heterocycles. The molecular weight excluding hydrogens is 608 g/mol. The van der Waals surface area contributed by atoms with E-state index in [1.807, 2.05) is 97.1 Å². The maximum atomic E-state index is 13.0. The Balaban J connectivity index is 1.03. The van der Waals surface area contributed by atoms with Gasteiger partial charge in [0.15, 0.2) is 11.4 Å². The summed E-state index contributed by atoms with van der Waals surface area (Å²) in [6.45, 7) is 4.43. The summed E-state index contributed by atoms with van der Waals surface area (Å²) in [6.07, 6.45) is 1.44. The number of hydrogen-bond acceptors (Lipinski definition) is 8. The fraction of sp³-hybridized carbons (Fsp3) is 0.167. The maximum absolute atomic E-state index is 13.0. The molecule has 0 atom stereocenters. The van der Waals surface area contributed by atoms with Gasteiger partial charge in [-0.2, -0.15) is 0 Å². The molecule has 0 fully saturated rings. The molecule has 12 heteroatoms. The van der Waals surface area contributed by atoms with Crippen LogP contribution in [0, 0.1) is 13.8 Å². The summed E-state index contributed by atoms with van der Waals surface area (Å²) in [7, 11) is 0. The Hall–Kier alpha value is -6.30. The van der Waals surface area contributed by atoms with Crippen molar-refractivity contribution in [3.63, 3.8) is 0 Å². The van der Waals surface area contributed by atoms with Crippen molar-refractivity contribution in [3.05, 3.63) is 141 Å². The topological polar surface area (TPSA) is 143 Å². The molecule has 6 rings (SSSR count). The lowest BCUT2D eigenvalue weighted by molar-refractivity contribution is 0.267. The molecule has 6 aromatic rings. The number of azo groups is 2. The van der Waals surface area contributed by atoms with Crippen molar-refractivity contribution in [3.8, 4) is 22.9 Å². The molecule has 48 heavy (non-hydrogen) atoms. The van der Waals surface area contributed by atoms with Gasteiger partial charge in [-0.05, 0) is 75.2 Å². The molecule has 2 N–H and O–H groups in total. The van der Waals surface area contributed by atoms with Crippen LogP contribution in [0.15, 0.2) is 139 Å². The van der Waals surface area contributed by atoms with Gasteiger partial charge in [-0.15, -0.1) is 20.5 Å². The van der Waals surface area contributed by atoms with E-state index >= 15 is 0 Å². The van der Waals surface area contributed by atoms with Crippen LogP contribution < -0.4 is 20.6 Å². The van der Waals surface area contributed by atoms with Crippen molar-refractivity contribution < 1.29 is 9.47 Å². The number of hydrogen-bond donors (Lipinski definition) is 2. The van der Waals surface area contributed by atoms with Crippen LogP contribution >= 0.6 is 0 Å². The van der Waals surface area contributed by atoms with Gasteiger partial charge in [0.1, 0.15) is 22.9 Å². The predicted octanol–water partition coefficient (Wildman–Crippen LogP) is 8.33. The van der Waals surface area contributed by atoms with Crippen LogP contribution in [0.1, 0.15) is 24.2 Å². The van der Waals surface area contributed by atoms with E-state index < -0.39 is 0 Å². The molecule has 12 nitrogen and oxygen atoms in total. The minimum Gasteiger partial charge on any atom is -0.491 e. The standard InChI is InChI=1S/C36H34N8O4/c1-25-33(35(45)43(41-25)27-15-5-3-6-16-27)39-37-29-19-9-11-21-31(29)47-23-13-14-24-48-32-22-12-10-20-30(32)38-40-34-26(2)42-44(36(34)46)28-17-7-4-8-18-28/h3-12,15-22,41-42H,13-14,23-24H2,1-2H3. The Kier molecular flexibility index (Phi) is 9.81. The Labute approximate surface area is 276 Å². The van der Waals surface area contributed by atoms with E-state index in [1.54, 1.807) is 26.0 Å². The van der Waals surface area contributed by atoms with Crippen molar-refractivity contribution in [1.82, 2.24) is 19.6 Å². The summed E-state index contributed by atoms with van der Waals surface area (Å²) in [6, 6.07) is 33.2. The Bertz CT molecular complexity index is 2010. The summed E-state index contributed by atoms with van der Waals surface area (Å²) >= 11 is 0. The second kappa shape index (κ2) is 14.9. The first-order valence-corrected chi connectivity index (χ1v) is 15.5. The summed E-state index contributed by atoms with van der Waals surface area (Å²) in [5.41, 5.74) is 3.60. The third-order valence-electron chi connectivity index (χ3n) is 7.41.